The summed E-state index contributed by atoms with van der Waals surface area (Å²) in [6.07, 6.45) is 8.42. The molecule has 0 bridgehead atoms. The van der Waals surface area contributed by atoms with Crippen LogP contribution >= 0.6 is 0 Å². The highest BCUT2D eigenvalue weighted by atomic mass is 16.3. The van der Waals surface area contributed by atoms with E-state index < -0.39 is 0 Å². The molecule has 3 fully saturated rings. The fraction of sp³-hybridized carbons (Fsp3) is 0.700. The van der Waals surface area contributed by atoms with Crippen LogP contribution in [0.4, 0.5) is 0 Å². The Morgan fingerprint density at radius 3 is 2.46 bits per heavy atom. The van der Waals surface area contributed by atoms with Gasteiger partial charge >= 0.3 is 0 Å². The van der Waals surface area contributed by atoms with Gasteiger partial charge in [-0.15, -0.1) is 0 Å². The van der Waals surface area contributed by atoms with Gasteiger partial charge in [0.05, 0.1) is 18.8 Å². The molecule has 142 valence electrons. The minimum atomic E-state index is -0.0781. The van der Waals surface area contributed by atoms with E-state index in [9.17, 15) is 9.59 Å². The molecular weight excluding hydrogens is 330 g/mol. The van der Waals surface area contributed by atoms with Crippen LogP contribution in [0, 0.1) is 11.8 Å². The molecule has 4 rings (SSSR count). The molecule has 2 saturated carbocycles. The number of furan rings is 1. The van der Waals surface area contributed by atoms with Crippen LogP contribution in [-0.2, 0) is 16.1 Å². The van der Waals surface area contributed by atoms with E-state index in [0.717, 1.165) is 57.6 Å². The number of hydrogen-bond donors (Lipinski definition) is 1. The Hall–Kier alpha value is -1.82. The Morgan fingerprint density at radius 2 is 1.85 bits per heavy atom. The van der Waals surface area contributed by atoms with Crippen molar-refractivity contribution in [1.29, 1.82) is 0 Å². The van der Waals surface area contributed by atoms with E-state index in [2.05, 4.69) is 10.2 Å². The van der Waals surface area contributed by atoms with Crippen LogP contribution in [0.5, 0.6) is 0 Å². The molecule has 1 atom stereocenters. The van der Waals surface area contributed by atoms with Crippen LogP contribution in [0.25, 0.3) is 0 Å². The molecule has 1 aliphatic heterocycles. The number of piperazine rings is 1. The van der Waals surface area contributed by atoms with Gasteiger partial charge in [0, 0.05) is 32.1 Å². The van der Waals surface area contributed by atoms with Crippen molar-refractivity contribution < 1.29 is 14.0 Å². The zero-order chi connectivity index (χ0) is 17.9. The van der Waals surface area contributed by atoms with Gasteiger partial charge in [-0.3, -0.25) is 14.5 Å². The second-order valence-corrected chi connectivity index (χ2v) is 7.92. The molecule has 2 amide bonds. The first-order valence-electron chi connectivity index (χ1n) is 10.1. The highest BCUT2D eigenvalue weighted by molar-refractivity contribution is 5.82. The largest absolute Gasteiger partial charge is 0.467 e. The van der Waals surface area contributed by atoms with Gasteiger partial charge in [-0.05, 0) is 43.7 Å². The van der Waals surface area contributed by atoms with E-state index in [1.165, 1.54) is 12.8 Å². The summed E-state index contributed by atoms with van der Waals surface area (Å²) >= 11 is 0. The molecule has 1 N–H and O–H groups in total. The fourth-order valence-corrected chi connectivity index (χ4v) is 4.45. The maximum atomic E-state index is 13.0. The lowest BCUT2D eigenvalue weighted by Crippen LogP contribution is -2.58. The molecular formula is C20H29N3O3. The van der Waals surface area contributed by atoms with Crippen molar-refractivity contribution in [2.75, 3.05) is 26.2 Å². The summed E-state index contributed by atoms with van der Waals surface area (Å²) in [5.41, 5.74) is 0. The SMILES string of the molecule is O=C(NCc1ccco1)C(C1CCCC1)N1CCN(C(=O)C2CC2)CC1. The molecule has 3 aliphatic rings. The molecule has 0 aromatic carbocycles. The third-order valence-corrected chi connectivity index (χ3v) is 6.08. The van der Waals surface area contributed by atoms with Crippen molar-refractivity contribution in [2.24, 2.45) is 11.8 Å². The number of carbonyl (C=O) groups is 2. The van der Waals surface area contributed by atoms with Gasteiger partial charge in [-0.25, -0.2) is 0 Å². The lowest BCUT2D eigenvalue weighted by Gasteiger charge is -2.40. The molecule has 0 spiro atoms. The predicted molar refractivity (Wildman–Crippen MR) is 97.2 cm³/mol. The second kappa shape index (κ2) is 7.82. The zero-order valence-corrected chi connectivity index (χ0v) is 15.4. The van der Waals surface area contributed by atoms with Gasteiger partial charge < -0.3 is 14.6 Å². The van der Waals surface area contributed by atoms with Gasteiger partial charge in [0.15, 0.2) is 0 Å². The first-order chi connectivity index (χ1) is 12.7. The maximum absolute atomic E-state index is 13.0. The van der Waals surface area contributed by atoms with Crippen LogP contribution in [0.15, 0.2) is 22.8 Å². The Morgan fingerprint density at radius 1 is 1.12 bits per heavy atom. The molecule has 1 aromatic rings. The average molecular weight is 359 g/mol. The van der Waals surface area contributed by atoms with Crippen molar-refractivity contribution >= 4 is 11.8 Å². The first-order valence-corrected chi connectivity index (χ1v) is 10.1. The van der Waals surface area contributed by atoms with Gasteiger partial charge in [-0.2, -0.15) is 0 Å². The summed E-state index contributed by atoms with van der Waals surface area (Å²) in [4.78, 5) is 29.6. The summed E-state index contributed by atoms with van der Waals surface area (Å²) < 4.78 is 5.33. The van der Waals surface area contributed by atoms with E-state index in [1.54, 1.807) is 6.26 Å². The van der Waals surface area contributed by atoms with Crippen LogP contribution in [0.3, 0.4) is 0 Å². The standard InChI is InChI=1S/C20H29N3O3/c24-19(21-14-17-6-3-13-26-17)18(15-4-1-2-5-15)22-9-11-23(12-10-22)20(25)16-7-8-16/h3,6,13,15-16,18H,1-2,4-5,7-12,14H2,(H,21,24). The van der Waals surface area contributed by atoms with Crippen molar-refractivity contribution in [2.45, 2.75) is 51.1 Å². The number of hydrogen-bond acceptors (Lipinski definition) is 4. The molecule has 1 saturated heterocycles. The molecule has 2 heterocycles. The summed E-state index contributed by atoms with van der Waals surface area (Å²) in [6, 6.07) is 3.64. The third-order valence-electron chi connectivity index (χ3n) is 6.08. The Balaban J connectivity index is 1.37. The highest BCUT2D eigenvalue weighted by Gasteiger charge is 2.39. The number of nitrogens with zero attached hydrogens (tertiary/aromatic N) is 2. The van der Waals surface area contributed by atoms with E-state index in [0.29, 0.717) is 18.4 Å². The summed E-state index contributed by atoms with van der Waals surface area (Å²) in [6.45, 7) is 3.55. The van der Waals surface area contributed by atoms with Crippen LogP contribution < -0.4 is 5.32 Å². The quantitative estimate of drug-likeness (QED) is 0.844. The number of rotatable bonds is 6. The molecule has 6 heteroatoms. The van der Waals surface area contributed by atoms with Crippen molar-refractivity contribution in [3.05, 3.63) is 24.2 Å². The van der Waals surface area contributed by atoms with E-state index in [4.69, 9.17) is 4.42 Å². The molecule has 26 heavy (non-hydrogen) atoms. The molecule has 6 nitrogen and oxygen atoms in total. The van der Waals surface area contributed by atoms with Gasteiger partial charge in [0.2, 0.25) is 11.8 Å². The molecule has 0 radical (unpaired) electrons. The smallest absolute Gasteiger partial charge is 0.238 e. The predicted octanol–water partition coefficient (Wildman–Crippen LogP) is 2.01. The van der Waals surface area contributed by atoms with Crippen molar-refractivity contribution in [3.8, 4) is 0 Å². The maximum Gasteiger partial charge on any atom is 0.238 e. The van der Waals surface area contributed by atoms with Crippen LogP contribution in [0.1, 0.15) is 44.3 Å². The van der Waals surface area contributed by atoms with E-state index >= 15 is 0 Å². The zero-order valence-electron chi connectivity index (χ0n) is 15.4. The average Bonchev–Trinajstić information content (AvgIpc) is 3.14. The summed E-state index contributed by atoms with van der Waals surface area (Å²) in [5, 5.41) is 3.07. The van der Waals surface area contributed by atoms with Crippen molar-refractivity contribution in [1.82, 2.24) is 15.1 Å². The monoisotopic (exact) mass is 359 g/mol. The van der Waals surface area contributed by atoms with Gasteiger partial charge in [0.1, 0.15) is 5.76 Å². The normalized spacial score (nSPS) is 23.2. The number of carbonyl (C=O) groups excluding carboxylic acids is 2. The Bertz CT molecular complexity index is 612. The third kappa shape index (κ3) is 3.95. The van der Waals surface area contributed by atoms with Crippen LogP contribution in [-0.4, -0.2) is 53.8 Å². The second-order valence-electron chi connectivity index (χ2n) is 7.92. The highest BCUT2D eigenvalue weighted by Crippen LogP contribution is 2.33. The fourth-order valence-electron chi connectivity index (χ4n) is 4.45. The Labute approximate surface area is 154 Å². The lowest BCUT2D eigenvalue weighted by molar-refractivity contribution is -0.136. The van der Waals surface area contributed by atoms with Crippen molar-refractivity contribution in [3.63, 3.8) is 0 Å². The molecule has 2 aliphatic carbocycles. The molecule has 1 aromatic heterocycles. The number of nitrogens with one attached hydrogen (secondary N) is 1. The van der Waals surface area contributed by atoms with Gasteiger partial charge in [-0.1, -0.05) is 12.8 Å². The number of amides is 2. The molecule has 1 unspecified atom stereocenters. The minimum Gasteiger partial charge on any atom is -0.467 e. The van der Waals surface area contributed by atoms with E-state index in [1.807, 2.05) is 17.0 Å². The topological polar surface area (TPSA) is 65.8 Å². The summed E-state index contributed by atoms with van der Waals surface area (Å²) in [7, 11) is 0. The minimum absolute atomic E-state index is 0.0781. The van der Waals surface area contributed by atoms with Crippen LogP contribution in [0.2, 0.25) is 0 Å². The summed E-state index contributed by atoms with van der Waals surface area (Å²) in [5.74, 6) is 1.92. The first kappa shape index (κ1) is 17.6. The lowest BCUT2D eigenvalue weighted by atomic mass is 9.95. The van der Waals surface area contributed by atoms with Gasteiger partial charge in [0.25, 0.3) is 0 Å². The van der Waals surface area contributed by atoms with E-state index in [-0.39, 0.29) is 17.9 Å². The Kier molecular flexibility index (Phi) is 5.29.